The van der Waals surface area contributed by atoms with Crippen LogP contribution in [0.4, 0.5) is 4.39 Å². The number of halogens is 1. The third kappa shape index (κ3) is 3.91. The van der Waals surface area contributed by atoms with E-state index in [-0.39, 0.29) is 18.3 Å². The molecule has 0 unspecified atom stereocenters. The number of H-pyrrole nitrogens is 1. The van der Waals surface area contributed by atoms with E-state index in [0.29, 0.717) is 23.0 Å². The van der Waals surface area contributed by atoms with E-state index in [0.717, 1.165) is 0 Å². The van der Waals surface area contributed by atoms with Gasteiger partial charge in [-0.25, -0.2) is 9.37 Å². The molecule has 116 valence electrons. The summed E-state index contributed by atoms with van der Waals surface area (Å²) in [5.41, 5.74) is 0.693. The number of hydrogen-bond donors (Lipinski definition) is 2. The van der Waals surface area contributed by atoms with Crippen LogP contribution < -0.4 is 5.32 Å². The lowest BCUT2D eigenvalue weighted by atomic mass is 10.2. The topological polar surface area (TPSA) is 83.8 Å². The van der Waals surface area contributed by atoms with Crippen LogP contribution in [0.25, 0.3) is 17.5 Å². The zero-order chi connectivity index (χ0) is 16.1. The van der Waals surface area contributed by atoms with Crippen LogP contribution in [0.1, 0.15) is 11.6 Å². The first-order valence-corrected chi connectivity index (χ1v) is 6.87. The fraction of sp³-hybridized carbons (Fsp3) is 0.0625. The average molecular weight is 312 g/mol. The molecule has 0 aliphatic carbocycles. The summed E-state index contributed by atoms with van der Waals surface area (Å²) >= 11 is 0. The van der Waals surface area contributed by atoms with Crippen LogP contribution in [-0.4, -0.2) is 21.1 Å². The van der Waals surface area contributed by atoms with Crippen LogP contribution in [0.5, 0.6) is 0 Å². The summed E-state index contributed by atoms with van der Waals surface area (Å²) in [7, 11) is 0. The Morgan fingerprint density at radius 3 is 2.87 bits per heavy atom. The van der Waals surface area contributed by atoms with Crippen LogP contribution in [0.15, 0.2) is 53.2 Å². The maximum atomic E-state index is 12.9. The summed E-state index contributed by atoms with van der Waals surface area (Å²) in [6, 6.07) is 9.34. The molecular weight excluding hydrogens is 299 g/mol. The van der Waals surface area contributed by atoms with Gasteiger partial charge in [-0.15, -0.1) is 0 Å². The van der Waals surface area contributed by atoms with E-state index in [9.17, 15) is 9.18 Å². The Morgan fingerprint density at radius 1 is 1.30 bits per heavy atom. The van der Waals surface area contributed by atoms with Gasteiger partial charge >= 0.3 is 0 Å². The minimum Gasteiger partial charge on any atom is -0.465 e. The van der Waals surface area contributed by atoms with Crippen LogP contribution in [0, 0.1) is 5.82 Å². The van der Waals surface area contributed by atoms with Crippen LogP contribution in [-0.2, 0) is 11.3 Å². The molecule has 0 bridgehead atoms. The minimum atomic E-state index is -0.319. The Labute approximate surface area is 131 Å². The van der Waals surface area contributed by atoms with Crippen molar-refractivity contribution in [3.8, 4) is 11.4 Å². The molecule has 3 aromatic rings. The molecule has 0 fully saturated rings. The van der Waals surface area contributed by atoms with E-state index < -0.39 is 0 Å². The molecule has 0 spiro atoms. The molecule has 1 aromatic carbocycles. The number of amides is 1. The number of benzene rings is 1. The zero-order valence-corrected chi connectivity index (χ0v) is 12.0. The van der Waals surface area contributed by atoms with Gasteiger partial charge in [-0.05, 0) is 42.5 Å². The van der Waals surface area contributed by atoms with Gasteiger partial charge in [0.25, 0.3) is 0 Å². The highest BCUT2D eigenvalue weighted by molar-refractivity contribution is 5.91. The highest BCUT2D eigenvalue weighted by atomic mass is 19.1. The molecule has 2 aromatic heterocycles. The van der Waals surface area contributed by atoms with Gasteiger partial charge in [-0.3, -0.25) is 9.89 Å². The first kappa shape index (κ1) is 14.7. The smallest absolute Gasteiger partial charge is 0.244 e. The van der Waals surface area contributed by atoms with Gasteiger partial charge in [0.1, 0.15) is 17.4 Å². The second-order valence-corrected chi connectivity index (χ2v) is 4.68. The van der Waals surface area contributed by atoms with E-state index in [1.54, 1.807) is 30.3 Å². The van der Waals surface area contributed by atoms with Crippen molar-refractivity contribution >= 4 is 12.0 Å². The van der Waals surface area contributed by atoms with Crippen molar-refractivity contribution in [3.05, 3.63) is 66.1 Å². The Hall–Kier alpha value is -3.22. The number of nitrogens with zero attached hydrogens (tertiary/aromatic N) is 2. The van der Waals surface area contributed by atoms with Crippen LogP contribution in [0.3, 0.4) is 0 Å². The largest absolute Gasteiger partial charge is 0.465 e. The number of nitrogens with one attached hydrogen (secondary N) is 2. The third-order valence-electron chi connectivity index (χ3n) is 3.01. The van der Waals surface area contributed by atoms with Crippen molar-refractivity contribution in [1.82, 2.24) is 20.5 Å². The fourth-order valence-electron chi connectivity index (χ4n) is 1.88. The Morgan fingerprint density at radius 2 is 2.13 bits per heavy atom. The lowest BCUT2D eigenvalue weighted by Crippen LogP contribution is -2.20. The molecule has 1 amide bonds. The minimum absolute atomic E-state index is 0.204. The molecular formula is C16H13FN4O2. The van der Waals surface area contributed by atoms with Crippen molar-refractivity contribution in [3.63, 3.8) is 0 Å². The number of rotatable bonds is 5. The lowest BCUT2D eigenvalue weighted by molar-refractivity contribution is -0.116. The van der Waals surface area contributed by atoms with E-state index >= 15 is 0 Å². The summed E-state index contributed by atoms with van der Waals surface area (Å²) in [6.45, 7) is 0.204. The summed E-state index contributed by atoms with van der Waals surface area (Å²) < 4.78 is 18.0. The lowest BCUT2D eigenvalue weighted by Gasteiger charge is -1.97. The van der Waals surface area contributed by atoms with Gasteiger partial charge in [0.2, 0.25) is 5.91 Å². The van der Waals surface area contributed by atoms with Crippen LogP contribution >= 0.6 is 0 Å². The fourth-order valence-corrected chi connectivity index (χ4v) is 1.88. The molecule has 7 heteroatoms. The number of carbonyl (C=O) groups excluding carboxylic acids is 1. The first-order valence-electron chi connectivity index (χ1n) is 6.87. The standard InChI is InChI=1S/C16H13FN4O2/c17-12-5-3-11(4-6-12)16-19-14(20-21-16)10-18-15(22)8-7-13-2-1-9-23-13/h1-9H,10H2,(H,18,22)(H,19,20,21)/b8-7+. The van der Waals surface area contributed by atoms with Gasteiger partial charge in [-0.1, -0.05) is 0 Å². The number of hydrogen-bond acceptors (Lipinski definition) is 4. The van der Waals surface area contributed by atoms with Gasteiger partial charge in [0, 0.05) is 11.6 Å². The number of furan rings is 1. The van der Waals surface area contributed by atoms with Gasteiger partial charge in [0.05, 0.1) is 12.8 Å². The highest BCUT2D eigenvalue weighted by Crippen LogP contribution is 2.14. The third-order valence-corrected chi connectivity index (χ3v) is 3.01. The molecule has 0 saturated carbocycles. The SMILES string of the molecule is O=C(/C=C/c1ccco1)NCc1nc(-c2ccc(F)cc2)n[nH]1. The molecule has 2 N–H and O–H groups in total. The van der Waals surface area contributed by atoms with Gasteiger partial charge in [0.15, 0.2) is 5.82 Å². The normalized spacial score (nSPS) is 11.0. The summed E-state index contributed by atoms with van der Waals surface area (Å²) in [4.78, 5) is 15.9. The van der Waals surface area contributed by atoms with Crippen molar-refractivity contribution in [2.24, 2.45) is 0 Å². The second kappa shape index (κ2) is 6.69. The Bertz CT molecular complexity index is 807. The van der Waals surface area contributed by atoms with Crippen molar-refractivity contribution in [2.75, 3.05) is 0 Å². The van der Waals surface area contributed by atoms with Gasteiger partial charge < -0.3 is 9.73 Å². The maximum Gasteiger partial charge on any atom is 0.244 e. The number of carbonyl (C=O) groups is 1. The molecule has 0 saturated heterocycles. The molecule has 2 heterocycles. The predicted molar refractivity (Wildman–Crippen MR) is 81.4 cm³/mol. The number of aromatic nitrogens is 3. The van der Waals surface area contributed by atoms with Gasteiger partial charge in [-0.2, -0.15) is 5.10 Å². The molecule has 3 rings (SSSR count). The zero-order valence-electron chi connectivity index (χ0n) is 12.0. The van der Waals surface area contributed by atoms with Crippen LogP contribution in [0.2, 0.25) is 0 Å². The quantitative estimate of drug-likeness (QED) is 0.709. The molecule has 0 atom stereocenters. The molecule has 6 nitrogen and oxygen atoms in total. The van der Waals surface area contributed by atoms with E-state index in [2.05, 4.69) is 20.5 Å². The van der Waals surface area contributed by atoms with E-state index in [1.807, 2.05) is 0 Å². The summed E-state index contributed by atoms with van der Waals surface area (Å²) in [5.74, 6) is 0.948. The van der Waals surface area contributed by atoms with E-state index in [4.69, 9.17) is 4.42 Å². The highest BCUT2D eigenvalue weighted by Gasteiger charge is 2.06. The number of aromatic amines is 1. The Balaban J connectivity index is 1.57. The van der Waals surface area contributed by atoms with Crippen molar-refractivity contribution in [2.45, 2.75) is 6.54 Å². The van der Waals surface area contributed by atoms with Crippen molar-refractivity contribution in [1.29, 1.82) is 0 Å². The molecule has 0 radical (unpaired) electrons. The molecule has 23 heavy (non-hydrogen) atoms. The molecule has 0 aliphatic rings. The molecule has 0 aliphatic heterocycles. The predicted octanol–water partition coefficient (Wildman–Crippen LogP) is 2.53. The summed E-state index contributed by atoms with van der Waals surface area (Å²) in [5, 5.41) is 9.44. The average Bonchev–Trinajstić information content (AvgIpc) is 3.23. The summed E-state index contributed by atoms with van der Waals surface area (Å²) in [6.07, 6.45) is 4.47. The second-order valence-electron chi connectivity index (χ2n) is 4.68. The Kier molecular flexibility index (Phi) is 4.28. The monoisotopic (exact) mass is 312 g/mol. The maximum absolute atomic E-state index is 12.9. The van der Waals surface area contributed by atoms with E-state index in [1.165, 1.54) is 24.5 Å². The van der Waals surface area contributed by atoms with Crippen molar-refractivity contribution < 1.29 is 13.6 Å². The first-order chi connectivity index (χ1) is 11.2.